The molecule has 1 aliphatic heterocycles. The smallest absolute Gasteiger partial charge is 0.177 e. The Kier molecular flexibility index (Phi) is 6.43. The number of amidine groups is 1. The molecule has 2 aromatic rings. The molecule has 0 saturated heterocycles. The standard InChI is InChI=1S/C24H32N4S/c1-17-9-7-8-12-22(17)25-24-27-26-23(16-29-24)21-15-18(2)28(19(21)3)14-13-20-10-5-4-6-11-20/h4-6,10-11,15,17,22H,7-9,12-14,16H2,1-3H3,(H,25,27)/t17-,22+/m0/s1. The molecule has 0 bridgehead atoms. The molecule has 2 atom stereocenters. The highest BCUT2D eigenvalue weighted by Crippen LogP contribution is 2.28. The lowest BCUT2D eigenvalue weighted by Gasteiger charge is -2.26. The van der Waals surface area contributed by atoms with E-state index >= 15 is 0 Å². The van der Waals surface area contributed by atoms with Gasteiger partial charge in [-0.1, -0.05) is 61.9 Å². The summed E-state index contributed by atoms with van der Waals surface area (Å²) in [5, 5.41) is 5.70. The molecule has 2 heterocycles. The normalized spacial score (nSPS) is 23.7. The van der Waals surface area contributed by atoms with Gasteiger partial charge in [-0.25, -0.2) is 0 Å². The van der Waals surface area contributed by atoms with E-state index in [0.29, 0.717) is 12.0 Å². The molecular formula is C24H32N4S. The highest BCUT2D eigenvalue weighted by molar-refractivity contribution is 8.14. The van der Waals surface area contributed by atoms with Crippen molar-refractivity contribution >= 4 is 22.6 Å². The maximum Gasteiger partial charge on any atom is 0.177 e. The van der Waals surface area contributed by atoms with E-state index in [9.17, 15) is 0 Å². The molecule has 4 nitrogen and oxygen atoms in total. The first-order valence-electron chi connectivity index (χ1n) is 10.9. The zero-order valence-corrected chi connectivity index (χ0v) is 18.6. The van der Waals surface area contributed by atoms with Crippen LogP contribution >= 0.6 is 11.8 Å². The fraction of sp³-hybridized carbons (Fsp3) is 0.500. The predicted molar refractivity (Wildman–Crippen MR) is 125 cm³/mol. The Morgan fingerprint density at radius 3 is 2.69 bits per heavy atom. The van der Waals surface area contributed by atoms with Gasteiger partial charge in [-0.3, -0.25) is 10.4 Å². The van der Waals surface area contributed by atoms with Crippen LogP contribution in [-0.2, 0) is 13.0 Å². The number of hydrogen-bond donors (Lipinski definition) is 1. The van der Waals surface area contributed by atoms with E-state index in [1.54, 1.807) is 11.8 Å². The lowest BCUT2D eigenvalue weighted by atomic mass is 9.86. The summed E-state index contributed by atoms with van der Waals surface area (Å²) in [5.41, 5.74) is 9.62. The van der Waals surface area contributed by atoms with E-state index in [4.69, 9.17) is 10.1 Å². The summed E-state index contributed by atoms with van der Waals surface area (Å²) in [5.74, 6) is 1.57. The molecule has 2 aliphatic rings. The SMILES string of the molecule is Cc1cc(C2=NNC(=N[C@@H]3CCCC[C@@H]3C)SC2)c(C)n1CCc1ccccc1. The Bertz CT molecular complexity index is 897. The van der Waals surface area contributed by atoms with Crippen LogP contribution in [0.5, 0.6) is 0 Å². The molecule has 154 valence electrons. The van der Waals surface area contributed by atoms with Gasteiger partial charge in [0.25, 0.3) is 0 Å². The number of benzene rings is 1. The third-order valence-electron chi connectivity index (χ3n) is 6.33. The maximum absolute atomic E-state index is 4.97. The predicted octanol–water partition coefficient (Wildman–Crippen LogP) is 5.32. The fourth-order valence-electron chi connectivity index (χ4n) is 4.48. The number of hydrazone groups is 1. The van der Waals surface area contributed by atoms with Crippen LogP contribution < -0.4 is 5.43 Å². The summed E-state index contributed by atoms with van der Waals surface area (Å²) >= 11 is 1.79. The van der Waals surface area contributed by atoms with Crippen LogP contribution in [0.1, 0.15) is 55.1 Å². The highest BCUT2D eigenvalue weighted by atomic mass is 32.2. The van der Waals surface area contributed by atoms with Gasteiger partial charge < -0.3 is 4.57 Å². The molecule has 0 unspecified atom stereocenters. The molecule has 1 saturated carbocycles. The molecule has 29 heavy (non-hydrogen) atoms. The Hall–Kier alpha value is -2.01. The third-order valence-corrected chi connectivity index (χ3v) is 7.22. The molecule has 1 aliphatic carbocycles. The van der Waals surface area contributed by atoms with Gasteiger partial charge in [-0.05, 0) is 50.7 Å². The van der Waals surface area contributed by atoms with Gasteiger partial charge in [0.05, 0.1) is 11.8 Å². The first kappa shape index (κ1) is 20.3. The average Bonchev–Trinajstić information content (AvgIpc) is 3.03. The number of aliphatic imine (C=N–C) groups is 1. The van der Waals surface area contributed by atoms with Gasteiger partial charge in [0.15, 0.2) is 5.17 Å². The summed E-state index contributed by atoms with van der Waals surface area (Å²) in [6.45, 7) is 7.75. The number of thioether (sulfide) groups is 1. The highest BCUT2D eigenvalue weighted by Gasteiger charge is 2.23. The average molecular weight is 409 g/mol. The van der Waals surface area contributed by atoms with Crippen LogP contribution in [-0.4, -0.2) is 27.2 Å². The number of nitrogens with one attached hydrogen (secondary N) is 1. The van der Waals surface area contributed by atoms with Gasteiger partial charge in [0.2, 0.25) is 0 Å². The van der Waals surface area contributed by atoms with E-state index in [1.807, 2.05) is 0 Å². The fourth-order valence-corrected chi connectivity index (χ4v) is 5.30. The van der Waals surface area contributed by atoms with E-state index in [2.05, 4.69) is 67.2 Å². The first-order valence-corrected chi connectivity index (χ1v) is 11.8. The molecule has 0 radical (unpaired) electrons. The lowest BCUT2D eigenvalue weighted by molar-refractivity contribution is 0.333. The van der Waals surface area contributed by atoms with E-state index in [-0.39, 0.29) is 0 Å². The quantitative estimate of drug-likeness (QED) is 0.727. The monoisotopic (exact) mass is 408 g/mol. The van der Waals surface area contributed by atoms with Crippen LogP contribution in [0.25, 0.3) is 0 Å². The Morgan fingerprint density at radius 1 is 1.17 bits per heavy atom. The number of aromatic nitrogens is 1. The minimum Gasteiger partial charge on any atom is -0.348 e. The van der Waals surface area contributed by atoms with Crippen molar-refractivity contribution in [1.29, 1.82) is 0 Å². The second-order valence-electron chi connectivity index (χ2n) is 8.39. The van der Waals surface area contributed by atoms with Crippen molar-refractivity contribution in [1.82, 2.24) is 9.99 Å². The first-order chi connectivity index (χ1) is 14.1. The van der Waals surface area contributed by atoms with E-state index in [0.717, 1.165) is 29.6 Å². The van der Waals surface area contributed by atoms with Gasteiger partial charge in [0.1, 0.15) is 0 Å². The summed E-state index contributed by atoms with van der Waals surface area (Å²) in [6, 6.07) is 13.5. The minimum atomic E-state index is 0.457. The van der Waals surface area contributed by atoms with Crippen molar-refractivity contribution in [3.63, 3.8) is 0 Å². The van der Waals surface area contributed by atoms with Crippen LogP contribution in [0.3, 0.4) is 0 Å². The molecule has 1 fully saturated rings. The molecule has 0 amide bonds. The Morgan fingerprint density at radius 2 is 1.97 bits per heavy atom. The zero-order chi connectivity index (χ0) is 20.2. The number of aryl methyl sites for hydroxylation is 2. The molecule has 1 aromatic carbocycles. The second kappa shape index (κ2) is 9.21. The van der Waals surface area contributed by atoms with Gasteiger partial charge in [0, 0.05) is 29.2 Å². The lowest BCUT2D eigenvalue weighted by Crippen LogP contribution is -2.29. The van der Waals surface area contributed by atoms with Crippen molar-refractivity contribution in [2.24, 2.45) is 16.0 Å². The summed E-state index contributed by atoms with van der Waals surface area (Å²) < 4.78 is 2.42. The summed E-state index contributed by atoms with van der Waals surface area (Å²) in [6.07, 6.45) is 6.22. The number of rotatable bonds is 5. The number of nitrogens with zero attached hydrogens (tertiary/aromatic N) is 3. The summed E-state index contributed by atoms with van der Waals surface area (Å²) in [4.78, 5) is 4.97. The van der Waals surface area contributed by atoms with Gasteiger partial charge in [-0.2, -0.15) is 5.10 Å². The van der Waals surface area contributed by atoms with Crippen molar-refractivity contribution in [3.05, 3.63) is 58.9 Å². The number of hydrogen-bond acceptors (Lipinski definition) is 3. The van der Waals surface area contributed by atoms with Crippen LogP contribution in [0, 0.1) is 19.8 Å². The second-order valence-corrected chi connectivity index (χ2v) is 9.36. The van der Waals surface area contributed by atoms with Crippen molar-refractivity contribution in [3.8, 4) is 0 Å². The molecule has 1 N–H and O–H groups in total. The Balaban J connectivity index is 1.44. The minimum absolute atomic E-state index is 0.457. The molecule has 1 aromatic heterocycles. The van der Waals surface area contributed by atoms with Crippen LogP contribution in [0.2, 0.25) is 0 Å². The largest absolute Gasteiger partial charge is 0.348 e. The molecule has 5 heteroatoms. The molecule has 4 rings (SSSR count). The van der Waals surface area contributed by atoms with Crippen molar-refractivity contribution in [2.75, 3.05) is 5.75 Å². The maximum atomic E-state index is 4.97. The van der Waals surface area contributed by atoms with Gasteiger partial charge in [-0.15, -0.1) is 0 Å². The van der Waals surface area contributed by atoms with E-state index in [1.165, 1.54) is 48.2 Å². The zero-order valence-electron chi connectivity index (χ0n) is 17.8. The van der Waals surface area contributed by atoms with E-state index < -0.39 is 0 Å². The van der Waals surface area contributed by atoms with Crippen molar-refractivity contribution in [2.45, 2.75) is 65.5 Å². The third kappa shape index (κ3) is 4.77. The summed E-state index contributed by atoms with van der Waals surface area (Å²) in [7, 11) is 0. The topological polar surface area (TPSA) is 41.7 Å². The molecular weight excluding hydrogens is 376 g/mol. The van der Waals surface area contributed by atoms with Crippen LogP contribution in [0.4, 0.5) is 0 Å². The van der Waals surface area contributed by atoms with Crippen LogP contribution in [0.15, 0.2) is 46.5 Å². The van der Waals surface area contributed by atoms with Crippen molar-refractivity contribution < 1.29 is 0 Å². The Labute approximate surface area is 178 Å². The molecule has 0 spiro atoms. The van der Waals surface area contributed by atoms with Gasteiger partial charge >= 0.3 is 0 Å².